The van der Waals surface area contributed by atoms with Gasteiger partial charge in [0.1, 0.15) is 5.82 Å². The van der Waals surface area contributed by atoms with E-state index in [4.69, 9.17) is 0 Å². The highest BCUT2D eigenvalue weighted by Gasteiger charge is 2.14. The second kappa shape index (κ2) is 7.98. The number of nitrogens with zero attached hydrogens (tertiary/aromatic N) is 3. The molecule has 2 heterocycles. The van der Waals surface area contributed by atoms with Crippen LogP contribution in [-0.2, 0) is 6.54 Å². The monoisotopic (exact) mass is 339 g/mol. The van der Waals surface area contributed by atoms with Crippen LogP contribution in [-0.4, -0.2) is 49.1 Å². The molecule has 0 atom stereocenters. The SMILES string of the molecule is Cc1ccc(NC(=O)NCc2ccc(N3CCN(C)CC3)nc2)cc1. The first-order chi connectivity index (χ1) is 12.1. The first-order valence-electron chi connectivity index (χ1n) is 8.60. The van der Waals surface area contributed by atoms with Crippen molar-refractivity contribution in [3.05, 3.63) is 53.7 Å². The predicted molar refractivity (Wildman–Crippen MR) is 101 cm³/mol. The fraction of sp³-hybridized carbons (Fsp3) is 0.368. The number of hydrogen-bond acceptors (Lipinski definition) is 4. The van der Waals surface area contributed by atoms with Gasteiger partial charge in [-0.2, -0.15) is 0 Å². The lowest BCUT2D eigenvalue weighted by Gasteiger charge is -2.33. The zero-order valence-electron chi connectivity index (χ0n) is 14.8. The lowest BCUT2D eigenvalue weighted by molar-refractivity contribution is 0.251. The minimum atomic E-state index is -0.216. The quantitative estimate of drug-likeness (QED) is 0.898. The van der Waals surface area contributed by atoms with Crippen LogP contribution in [0.5, 0.6) is 0 Å². The van der Waals surface area contributed by atoms with Crippen LogP contribution < -0.4 is 15.5 Å². The van der Waals surface area contributed by atoms with Gasteiger partial charge in [0.25, 0.3) is 0 Å². The molecule has 0 aliphatic carbocycles. The molecule has 1 aliphatic rings. The summed E-state index contributed by atoms with van der Waals surface area (Å²) in [6.07, 6.45) is 1.83. The number of pyridine rings is 1. The number of aromatic nitrogens is 1. The molecule has 3 rings (SSSR count). The number of aryl methyl sites for hydroxylation is 1. The van der Waals surface area contributed by atoms with Gasteiger partial charge in [-0.1, -0.05) is 23.8 Å². The van der Waals surface area contributed by atoms with E-state index in [-0.39, 0.29) is 6.03 Å². The molecule has 6 nitrogen and oxygen atoms in total. The molecule has 0 spiro atoms. The Bertz CT molecular complexity index is 691. The van der Waals surface area contributed by atoms with E-state index in [0.29, 0.717) is 6.54 Å². The van der Waals surface area contributed by atoms with Gasteiger partial charge in [-0.05, 0) is 37.7 Å². The Morgan fingerprint density at radius 1 is 1.08 bits per heavy atom. The van der Waals surface area contributed by atoms with Crippen LogP contribution in [0.25, 0.3) is 0 Å². The summed E-state index contributed by atoms with van der Waals surface area (Å²) in [6, 6.07) is 11.6. The third-order valence-corrected chi connectivity index (χ3v) is 4.40. The number of benzene rings is 1. The Hall–Kier alpha value is -2.60. The van der Waals surface area contributed by atoms with Crippen molar-refractivity contribution in [2.45, 2.75) is 13.5 Å². The van der Waals surface area contributed by atoms with Crippen LogP contribution in [0.3, 0.4) is 0 Å². The van der Waals surface area contributed by atoms with Crippen molar-refractivity contribution in [1.82, 2.24) is 15.2 Å². The number of hydrogen-bond donors (Lipinski definition) is 2. The van der Waals surface area contributed by atoms with Gasteiger partial charge in [0, 0.05) is 44.6 Å². The lowest BCUT2D eigenvalue weighted by atomic mass is 10.2. The molecule has 1 aromatic heterocycles. The largest absolute Gasteiger partial charge is 0.354 e. The maximum atomic E-state index is 12.0. The van der Waals surface area contributed by atoms with E-state index >= 15 is 0 Å². The lowest BCUT2D eigenvalue weighted by Crippen LogP contribution is -2.44. The molecule has 2 N–H and O–H groups in total. The van der Waals surface area contributed by atoms with E-state index in [0.717, 1.165) is 48.8 Å². The second-order valence-electron chi connectivity index (χ2n) is 6.49. The summed E-state index contributed by atoms with van der Waals surface area (Å²) in [4.78, 5) is 21.1. The Kier molecular flexibility index (Phi) is 5.50. The predicted octanol–water partition coefficient (Wildman–Crippen LogP) is 2.46. The Labute approximate surface area is 148 Å². The maximum Gasteiger partial charge on any atom is 0.319 e. The summed E-state index contributed by atoms with van der Waals surface area (Å²) in [7, 11) is 2.14. The molecule has 1 fully saturated rings. The van der Waals surface area contributed by atoms with Crippen molar-refractivity contribution in [1.29, 1.82) is 0 Å². The molecule has 1 saturated heterocycles. The van der Waals surface area contributed by atoms with Crippen molar-refractivity contribution in [2.75, 3.05) is 43.4 Å². The molecule has 0 radical (unpaired) electrons. The molecular weight excluding hydrogens is 314 g/mol. The molecule has 0 unspecified atom stereocenters. The molecule has 1 aromatic carbocycles. The van der Waals surface area contributed by atoms with Crippen LogP contribution in [0, 0.1) is 6.92 Å². The molecule has 6 heteroatoms. The van der Waals surface area contributed by atoms with E-state index in [9.17, 15) is 4.79 Å². The topological polar surface area (TPSA) is 60.5 Å². The number of likely N-dealkylation sites (N-methyl/N-ethyl adjacent to an activating group) is 1. The first kappa shape index (κ1) is 17.2. The highest BCUT2D eigenvalue weighted by atomic mass is 16.2. The Morgan fingerprint density at radius 3 is 2.44 bits per heavy atom. The van der Waals surface area contributed by atoms with Gasteiger partial charge in [-0.3, -0.25) is 0 Å². The molecule has 1 aliphatic heterocycles. The van der Waals surface area contributed by atoms with Crippen LogP contribution in [0.1, 0.15) is 11.1 Å². The summed E-state index contributed by atoms with van der Waals surface area (Å²) >= 11 is 0. The highest BCUT2D eigenvalue weighted by molar-refractivity contribution is 5.89. The number of rotatable bonds is 4. The first-order valence-corrected chi connectivity index (χ1v) is 8.60. The van der Waals surface area contributed by atoms with Gasteiger partial charge in [0.2, 0.25) is 0 Å². The van der Waals surface area contributed by atoms with Crippen molar-refractivity contribution >= 4 is 17.5 Å². The van der Waals surface area contributed by atoms with Gasteiger partial charge in [0.15, 0.2) is 0 Å². The third kappa shape index (κ3) is 4.93. The summed E-state index contributed by atoms with van der Waals surface area (Å²) < 4.78 is 0. The Morgan fingerprint density at radius 2 is 1.80 bits per heavy atom. The minimum absolute atomic E-state index is 0.216. The van der Waals surface area contributed by atoms with Crippen LogP contribution in [0.4, 0.5) is 16.3 Å². The number of urea groups is 1. The zero-order valence-corrected chi connectivity index (χ0v) is 14.8. The number of piperazine rings is 1. The van der Waals surface area contributed by atoms with Gasteiger partial charge >= 0.3 is 6.03 Å². The highest BCUT2D eigenvalue weighted by Crippen LogP contribution is 2.13. The van der Waals surface area contributed by atoms with Crippen LogP contribution in [0.15, 0.2) is 42.6 Å². The van der Waals surface area contributed by atoms with Gasteiger partial charge in [-0.15, -0.1) is 0 Å². The molecule has 0 saturated carbocycles. The molecule has 132 valence electrons. The smallest absolute Gasteiger partial charge is 0.319 e. The number of amides is 2. The molecule has 0 bridgehead atoms. The number of anilines is 2. The van der Waals surface area contributed by atoms with Gasteiger partial charge in [-0.25, -0.2) is 9.78 Å². The minimum Gasteiger partial charge on any atom is -0.354 e. The van der Waals surface area contributed by atoms with E-state index in [2.05, 4.69) is 32.5 Å². The van der Waals surface area contributed by atoms with E-state index in [1.54, 1.807) is 0 Å². The number of carbonyl (C=O) groups excluding carboxylic acids is 1. The van der Waals surface area contributed by atoms with E-state index < -0.39 is 0 Å². The molecule has 2 amide bonds. The summed E-state index contributed by atoms with van der Waals surface area (Å²) in [5, 5.41) is 5.68. The standard InChI is InChI=1S/C19H25N5O/c1-15-3-6-17(7-4-15)22-19(25)21-14-16-5-8-18(20-13-16)24-11-9-23(2)10-12-24/h3-8,13H,9-12,14H2,1-2H3,(H2,21,22,25). The summed E-state index contributed by atoms with van der Waals surface area (Å²) in [5.41, 5.74) is 2.93. The number of carbonyl (C=O) groups is 1. The van der Waals surface area contributed by atoms with Crippen LogP contribution >= 0.6 is 0 Å². The molecule has 2 aromatic rings. The number of nitrogens with one attached hydrogen (secondary N) is 2. The fourth-order valence-corrected chi connectivity index (χ4v) is 2.74. The summed E-state index contributed by atoms with van der Waals surface area (Å²) in [5.74, 6) is 1.00. The van der Waals surface area contributed by atoms with E-state index in [1.165, 1.54) is 0 Å². The second-order valence-corrected chi connectivity index (χ2v) is 6.49. The van der Waals surface area contributed by atoms with Crippen molar-refractivity contribution in [2.24, 2.45) is 0 Å². The maximum absolute atomic E-state index is 12.0. The van der Waals surface area contributed by atoms with Crippen molar-refractivity contribution in [3.63, 3.8) is 0 Å². The van der Waals surface area contributed by atoms with Crippen LogP contribution in [0.2, 0.25) is 0 Å². The van der Waals surface area contributed by atoms with Crippen molar-refractivity contribution in [3.8, 4) is 0 Å². The normalized spacial score (nSPS) is 15.0. The van der Waals surface area contributed by atoms with Gasteiger partial charge in [0.05, 0.1) is 0 Å². The zero-order chi connectivity index (χ0) is 17.6. The average molecular weight is 339 g/mol. The van der Waals surface area contributed by atoms with Gasteiger partial charge < -0.3 is 20.4 Å². The molecular formula is C19H25N5O. The fourth-order valence-electron chi connectivity index (χ4n) is 2.74. The Balaban J connectivity index is 1.48. The molecule has 25 heavy (non-hydrogen) atoms. The van der Waals surface area contributed by atoms with E-state index in [1.807, 2.05) is 49.5 Å². The summed E-state index contributed by atoms with van der Waals surface area (Å²) in [6.45, 7) is 6.59. The third-order valence-electron chi connectivity index (χ3n) is 4.40. The average Bonchev–Trinajstić information content (AvgIpc) is 2.63. The van der Waals surface area contributed by atoms with Crippen molar-refractivity contribution < 1.29 is 4.79 Å².